The molecular formula is C14H23NO4. The maximum Gasteiger partial charge on any atom is 0.408 e. The smallest absolute Gasteiger partial charge is 0.408 e. The molecule has 0 rings (SSSR count). The minimum Gasteiger partial charge on any atom is -0.467 e. The third kappa shape index (κ3) is 5.59. The van der Waals surface area contributed by atoms with E-state index < -0.39 is 17.6 Å². The van der Waals surface area contributed by atoms with Crippen LogP contribution in [0.1, 0.15) is 32.6 Å². The van der Waals surface area contributed by atoms with Gasteiger partial charge in [-0.1, -0.05) is 38.5 Å². The normalized spacial score (nSPS) is 12.9. The van der Waals surface area contributed by atoms with E-state index in [4.69, 9.17) is 9.47 Å². The van der Waals surface area contributed by atoms with Gasteiger partial charge in [0.2, 0.25) is 0 Å². The van der Waals surface area contributed by atoms with Gasteiger partial charge in [0.25, 0.3) is 0 Å². The fourth-order valence-electron chi connectivity index (χ4n) is 1.74. The highest BCUT2D eigenvalue weighted by atomic mass is 16.6. The fraction of sp³-hybridized carbons (Fsp3) is 0.571. The summed E-state index contributed by atoms with van der Waals surface area (Å²) in [6.07, 6.45) is 4.83. The minimum atomic E-state index is -1.11. The van der Waals surface area contributed by atoms with Crippen LogP contribution in [0.25, 0.3) is 0 Å². The van der Waals surface area contributed by atoms with Crippen LogP contribution < -0.4 is 5.32 Å². The number of alkyl carbamates (subject to hydrolysis) is 1. The molecule has 1 N–H and O–H groups in total. The van der Waals surface area contributed by atoms with Gasteiger partial charge in [-0.15, -0.1) is 6.58 Å². The Hall–Kier alpha value is -1.78. The molecule has 0 saturated heterocycles. The van der Waals surface area contributed by atoms with E-state index in [0.717, 1.165) is 12.8 Å². The van der Waals surface area contributed by atoms with Gasteiger partial charge in [0.15, 0.2) is 0 Å². The second kappa shape index (κ2) is 9.19. The second-order valence-electron chi connectivity index (χ2n) is 4.18. The third-order valence-corrected chi connectivity index (χ3v) is 2.70. The Morgan fingerprint density at radius 2 is 2.00 bits per heavy atom. The predicted molar refractivity (Wildman–Crippen MR) is 73.8 cm³/mol. The van der Waals surface area contributed by atoms with Crippen molar-refractivity contribution in [3.05, 3.63) is 25.3 Å². The van der Waals surface area contributed by atoms with Crippen molar-refractivity contribution in [3.8, 4) is 0 Å². The zero-order valence-electron chi connectivity index (χ0n) is 11.7. The number of unbranched alkanes of at least 4 members (excludes halogenated alkanes) is 1. The summed E-state index contributed by atoms with van der Waals surface area (Å²) in [4.78, 5) is 23.6. The van der Waals surface area contributed by atoms with E-state index in [9.17, 15) is 9.59 Å². The van der Waals surface area contributed by atoms with Crippen LogP contribution in [0.15, 0.2) is 25.3 Å². The summed E-state index contributed by atoms with van der Waals surface area (Å²) >= 11 is 0. The van der Waals surface area contributed by atoms with Gasteiger partial charge in [-0.05, 0) is 12.8 Å². The highest BCUT2D eigenvalue weighted by Crippen LogP contribution is 2.21. The van der Waals surface area contributed by atoms with Crippen LogP contribution in [0.5, 0.6) is 0 Å². The van der Waals surface area contributed by atoms with Gasteiger partial charge in [-0.3, -0.25) is 0 Å². The first-order valence-corrected chi connectivity index (χ1v) is 6.31. The molecule has 5 heteroatoms. The third-order valence-electron chi connectivity index (χ3n) is 2.70. The molecule has 0 bridgehead atoms. The molecule has 0 fully saturated rings. The average Bonchev–Trinajstić information content (AvgIpc) is 2.41. The van der Waals surface area contributed by atoms with Crippen LogP contribution in [0, 0.1) is 0 Å². The quantitative estimate of drug-likeness (QED) is 0.516. The van der Waals surface area contributed by atoms with E-state index in [1.165, 1.54) is 13.2 Å². The van der Waals surface area contributed by atoms with E-state index in [1.807, 2.05) is 6.92 Å². The highest BCUT2D eigenvalue weighted by Gasteiger charge is 2.39. The highest BCUT2D eigenvalue weighted by molar-refractivity contribution is 5.86. The number of esters is 1. The molecule has 0 aliphatic heterocycles. The standard InChI is InChI=1S/C14H23NO4/c1-5-8-10-14(9-6-2,12(16)18-4)15-13(17)19-11-7-3/h6-7H,2-3,5,8-11H2,1,4H3,(H,15,17)/t14-/m0/s1. The van der Waals surface area contributed by atoms with Crippen LogP contribution >= 0.6 is 0 Å². The summed E-state index contributed by atoms with van der Waals surface area (Å²) < 4.78 is 9.65. The van der Waals surface area contributed by atoms with E-state index in [-0.39, 0.29) is 6.61 Å². The fourth-order valence-corrected chi connectivity index (χ4v) is 1.74. The molecular weight excluding hydrogens is 246 g/mol. The molecule has 1 amide bonds. The van der Waals surface area contributed by atoms with Crippen LogP contribution in [0.3, 0.4) is 0 Å². The number of ether oxygens (including phenoxy) is 2. The Morgan fingerprint density at radius 3 is 2.47 bits per heavy atom. The van der Waals surface area contributed by atoms with Crippen molar-refractivity contribution in [1.82, 2.24) is 5.32 Å². The van der Waals surface area contributed by atoms with Crippen LogP contribution in [-0.2, 0) is 14.3 Å². The summed E-state index contributed by atoms with van der Waals surface area (Å²) in [6.45, 7) is 9.17. The molecule has 0 aliphatic carbocycles. The van der Waals surface area contributed by atoms with E-state index in [0.29, 0.717) is 12.8 Å². The molecule has 1 atom stereocenters. The number of carbonyl (C=O) groups excluding carboxylic acids is 2. The first-order valence-electron chi connectivity index (χ1n) is 6.31. The van der Waals surface area contributed by atoms with Crippen molar-refractivity contribution in [2.24, 2.45) is 0 Å². The molecule has 0 radical (unpaired) electrons. The lowest BCUT2D eigenvalue weighted by atomic mass is 9.89. The Balaban J connectivity index is 4.96. The molecule has 0 heterocycles. The van der Waals surface area contributed by atoms with Crippen molar-refractivity contribution < 1.29 is 19.1 Å². The molecule has 5 nitrogen and oxygen atoms in total. The number of rotatable bonds is 9. The Morgan fingerprint density at radius 1 is 1.32 bits per heavy atom. The molecule has 0 aromatic heterocycles. The molecule has 0 aromatic rings. The van der Waals surface area contributed by atoms with E-state index in [1.54, 1.807) is 6.08 Å². The number of nitrogens with one attached hydrogen (secondary N) is 1. The first-order chi connectivity index (χ1) is 9.06. The summed E-state index contributed by atoms with van der Waals surface area (Å²) in [6, 6.07) is 0. The number of carbonyl (C=O) groups is 2. The van der Waals surface area contributed by atoms with Crippen molar-refractivity contribution in [2.45, 2.75) is 38.1 Å². The Kier molecular flexibility index (Phi) is 8.33. The summed E-state index contributed by atoms with van der Waals surface area (Å²) in [5.74, 6) is -0.489. The van der Waals surface area contributed by atoms with Gasteiger partial charge in [0.1, 0.15) is 12.1 Å². The number of amides is 1. The summed E-state index contributed by atoms with van der Waals surface area (Å²) in [7, 11) is 1.29. The SMILES string of the molecule is C=CCOC(=O)N[C@@](CC=C)(CCCC)C(=O)OC. The van der Waals surface area contributed by atoms with Crippen LogP contribution in [-0.4, -0.2) is 31.3 Å². The van der Waals surface area contributed by atoms with Crippen molar-refractivity contribution >= 4 is 12.1 Å². The zero-order valence-corrected chi connectivity index (χ0v) is 11.7. The second-order valence-corrected chi connectivity index (χ2v) is 4.18. The first kappa shape index (κ1) is 17.2. The maximum atomic E-state index is 12.0. The lowest BCUT2D eigenvalue weighted by molar-refractivity contribution is -0.148. The maximum absolute atomic E-state index is 12.0. The van der Waals surface area contributed by atoms with Gasteiger partial charge in [-0.25, -0.2) is 9.59 Å². The van der Waals surface area contributed by atoms with Crippen LogP contribution in [0.4, 0.5) is 4.79 Å². The molecule has 0 aromatic carbocycles. The van der Waals surface area contributed by atoms with Crippen molar-refractivity contribution in [2.75, 3.05) is 13.7 Å². The lowest BCUT2D eigenvalue weighted by Crippen LogP contribution is -2.55. The predicted octanol–water partition coefficient (Wildman–Crippen LogP) is 2.58. The summed E-state index contributed by atoms with van der Waals surface area (Å²) in [5.41, 5.74) is -1.11. The van der Waals surface area contributed by atoms with Crippen molar-refractivity contribution in [1.29, 1.82) is 0 Å². The van der Waals surface area contributed by atoms with Gasteiger partial charge in [-0.2, -0.15) is 0 Å². The van der Waals surface area contributed by atoms with Crippen molar-refractivity contribution in [3.63, 3.8) is 0 Å². The number of methoxy groups -OCH3 is 1. The average molecular weight is 269 g/mol. The van der Waals surface area contributed by atoms with Gasteiger partial charge in [0.05, 0.1) is 7.11 Å². The van der Waals surface area contributed by atoms with E-state index >= 15 is 0 Å². The van der Waals surface area contributed by atoms with Gasteiger partial charge >= 0.3 is 12.1 Å². The number of hydrogen-bond donors (Lipinski definition) is 1. The zero-order chi connectivity index (χ0) is 14.7. The van der Waals surface area contributed by atoms with Gasteiger partial charge in [0, 0.05) is 0 Å². The van der Waals surface area contributed by atoms with Gasteiger partial charge < -0.3 is 14.8 Å². The van der Waals surface area contributed by atoms with Crippen LogP contribution in [0.2, 0.25) is 0 Å². The Labute approximate surface area is 114 Å². The molecule has 0 saturated carbocycles. The molecule has 0 unspecified atom stereocenters. The molecule has 19 heavy (non-hydrogen) atoms. The topological polar surface area (TPSA) is 64.6 Å². The van der Waals surface area contributed by atoms with E-state index in [2.05, 4.69) is 18.5 Å². The monoisotopic (exact) mass is 269 g/mol. The summed E-state index contributed by atoms with van der Waals surface area (Å²) in [5, 5.41) is 2.60. The molecule has 108 valence electrons. The number of hydrogen-bond acceptors (Lipinski definition) is 4. The lowest BCUT2D eigenvalue weighted by Gasteiger charge is -2.30. The molecule has 0 aliphatic rings. The minimum absolute atomic E-state index is 0.0882. The Bertz CT molecular complexity index is 327. The molecule has 0 spiro atoms. The largest absolute Gasteiger partial charge is 0.467 e.